The Hall–Kier alpha value is -2.02. The number of carbonyl (C=O) groups excluding carboxylic acids is 1. The lowest BCUT2D eigenvalue weighted by atomic mass is 9.88. The number of rotatable bonds is 10. The smallest absolute Gasteiger partial charge is 0.456 e. The van der Waals surface area contributed by atoms with E-state index in [0.29, 0.717) is 11.1 Å². The molecule has 40 heavy (non-hydrogen) atoms. The molecule has 2 rings (SSSR count). The predicted molar refractivity (Wildman–Crippen MR) is 102 cm³/mol. The maximum absolute atomic E-state index is 14.0. The van der Waals surface area contributed by atoms with E-state index in [-0.39, 0.29) is 6.42 Å². The molecular formula is C20H12BrF17O2. The molecule has 0 saturated heterocycles. The summed E-state index contributed by atoms with van der Waals surface area (Å²) in [6.07, 6.45) is -13.7. The van der Waals surface area contributed by atoms with Gasteiger partial charge >= 0.3 is 53.6 Å². The van der Waals surface area contributed by atoms with Gasteiger partial charge in [0, 0.05) is 6.42 Å². The van der Waals surface area contributed by atoms with Crippen LogP contribution in [0.5, 0.6) is 0 Å². The predicted octanol–water partition coefficient (Wildman–Crippen LogP) is 8.38. The molecule has 0 radical (unpaired) electrons. The summed E-state index contributed by atoms with van der Waals surface area (Å²) in [7, 11) is 0. The standard InChI is InChI=1S/C20H12BrF17O2/c21-10-7-8-3-1-2-4-9(8)12(10)40-11(39)5-6-13(22,23)14(24,25)15(26,27)16(28,29)17(30,31)18(32,33)19(34,35)20(36,37)38/h1-4,10,12H,5-7H2/t10-,12-/m1/s1. The van der Waals surface area contributed by atoms with Gasteiger partial charge in [-0.15, -0.1) is 0 Å². The van der Waals surface area contributed by atoms with Crippen molar-refractivity contribution in [1.82, 2.24) is 0 Å². The first kappa shape index (κ1) is 34.2. The quantitative estimate of drug-likeness (QED) is 0.141. The molecule has 230 valence electrons. The molecule has 2 nitrogen and oxygen atoms in total. The summed E-state index contributed by atoms with van der Waals surface area (Å²) in [5, 5.41) is 0. The lowest BCUT2D eigenvalue weighted by Crippen LogP contribution is -2.74. The first-order valence-corrected chi connectivity index (χ1v) is 11.2. The summed E-state index contributed by atoms with van der Waals surface area (Å²) >= 11 is 3.06. The highest BCUT2D eigenvalue weighted by atomic mass is 79.9. The number of carbonyl (C=O) groups is 1. The summed E-state index contributed by atoms with van der Waals surface area (Å²) in [6.45, 7) is 0. The third-order valence-electron chi connectivity index (χ3n) is 5.79. The number of benzene rings is 1. The molecule has 1 aromatic carbocycles. The monoisotopic (exact) mass is 686 g/mol. The van der Waals surface area contributed by atoms with E-state index >= 15 is 0 Å². The molecule has 0 fully saturated rings. The molecular weight excluding hydrogens is 675 g/mol. The molecule has 0 aliphatic heterocycles. The van der Waals surface area contributed by atoms with Crippen molar-refractivity contribution < 1.29 is 84.2 Å². The Morgan fingerprint density at radius 1 is 0.700 bits per heavy atom. The van der Waals surface area contributed by atoms with Crippen LogP contribution in [0.25, 0.3) is 0 Å². The zero-order valence-corrected chi connectivity index (χ0v) is 20.3. The summed E-state index contributed by atoms with van der Waals surface area (Å²) in [4.78, 5) is 11.2. The molecule has 0 amide bonds. The van der Waals surface area contributed by atoms with Crippen LogP contribution in [0.15, 0.2) is 24.3 Å². The van der Waals surface area contributed by atoms with Crippen LogP contribution in [0, 0.1) is 0 Å². The summed E-state index contributed by atoms with van der Waals surface area (Å²) in [6, 6.07) is 5.91. The zero-order valence-electron chi connectivity index (χ0n) is 18.7. The summed E-state index contributed by atoms with van der Waals surface area (Å²) in [5.41, 5.74) is 0.856. The van der Waals surface area contributed by atoms with E-state index in [1.807, 2.05) is 0 Å². The number of hydrogen-bond donors (Lipinski definition) is 0. The van der Waals surface area contributed by atoms with E-state index in [9.17, 15) is 79.4 Å². The van der Waals surface area contributed by atoms with Gasteiger partial charge in [-0.25, -0.2) is 0 Å². The van der Waals surface area contributed by atoms with Gasteiger partial charge in [-0.1, -0.05) is 40.2 Å². The van der Waals surface area contributed by atoms with E-state index < -0.39 is 77.4 Å². The second-order valence-corrected chi connectivity index (χ2v) is 9.65. The fraction of sp³-hybridized carbons (Fsp3) is 0.650. The van der Waals surface area contributed by atoms with E-state index in [1.165, 1.54) is 18.2 Å². The highest BCUT2D eigenvalue weighted by molar-refractivity contribution is 9.09. The van der Waals surface area contributed by atoms with Crippen molar-refractivity contribution in [3.63, 3.8) is 0 Å². The van der Waals surface area contributed by atoms with E-state index in [1.54, 1.807) is 6.07 Å². The topological polar surface area (TPSA) is 26.3 Å². The molecule has 2 atom stereocenters. The average Bonchev–Trinajstić information content (AvgIpc) is 3.11. The minimum Gasteiger partial charge on any atom is -0.456 e. The molecule has 0 unspecified atom stereocenters. The molecule has 0 saturated carbocycles. The molecule has 0 bridgehead atoms. The van der Waals surface area contributed by atoms with Gasteiger partial charge in [0.1, 0.15) is 6.10 Å². The van der Waals surface area contributed by atoms with Crippen LogP contribution in [0.2, 0.25) is 0 Å². The second-order valence-electron chi connectivity index (χ2n) is 8.48. The second kappa shape index (κ2) is 10.1. The minimum atomic E-state index is -8.69. The van der Waals surface area contributed by atoms with Crippen molar-refractivity contribution in [3.8, 4) is 0 Å². The van der Waals surface area contributed by atoms with Gasteiger partial charge in [0.05, 0.1) is 11.2 Å². The Balaban J connectivity index is 2.31. The lowest BCUT2D eigenvalue weighted by Gasteiger charge is -2.42. The van der Waals surface area contributed by atoms with Crippen LogP contribution >= 0.6 is 15.9 Å². The van der Waals surface area contributed by atoms with Crippen molar-refractivity contribution in [2.45, 2.75) is 77.8 Å². The van der Waals surface area contributed by atoms with Gasteiger partial charge in [0.25, 0.3) is 0 Å². The molecule has 1 aliphatic rings. The number of alkyl halides is 18. The molecule has 0 N–H and O–H groups in total. The Labute approximate surface area is 219 Å². The lowest BCUT2D eigenvalue weighted by molar-refractivity contribution is -0.461. The number of hydrogen-bond acceptors (Lipinski definition) is 2. The zero-order chi connectivity index (χ0) is 31.5. The molecule has 1 aliphatic carbocycles. The van der Waals surface area contributed by atoms with Crippen molar-refractivity contribution in [3.05, 3.63) is 35.4 Å². The molecule has 0 heterocycles. The molecule has 0 spiro atoms. The Kier molecular flexibility index (Phi) is 8.60. The van der Waals surface area contributed by atoms with E-state index in [0.717, 1.165) is 0 Å². The average molecular weight is 687 g/mol. The largest absolute Gasteiger partial charge is 0.460 e. The van der Waals surface area contributed by atoms with Crippen LogP contribution in [-0.4, -0.2) is 58.4 Å². The third kappa shape index (κ3) is 4.98. The fourth-order valence-corrected chi connectivity index (χ4v) is 4.20. The molecule has 1 aromatic rings. The van der Waals surface area contributed by atoms with Crippen LogP contribution in [-0.2, 0) is 16.0 Å². The van der Waals surface area contributed by atoms with Crippen molar-refractivity contribution in [2.75, 3.05) is 0 Å². The molecule has 20 heteroatoms. The normalized spacial score (nSPS) is 19.9. The van der Waals surface area contributed by atoms with Crippen LogP contribution < -0.4 is 0 Å². The van der Waals surface area contributed by atoms with Crippen molar-refractivity contribution in [2.24, 2.45) is 0 Å². The fourth-order valence-electron chi connectivity index (χ4n) is 3.46. The Bertz CT molecular complexity index is 1100. The number of halogens is 18. The van der Waals surface area contributed by atoms with Crippen molar-refractivity contribution >= 4 is 21.9 Å². The SMILES string of the molecule is O=C(CCC(F)(F)C(F)(F)C(F)(F)C(F)(F)C(F)(F)C(F)(F)C(F)(F)C(F)(F)F)O[C@@H]1c2ccccc2C[C@H]1Br. The van der Waals surface area contributed by atoms with Gasteiger partial charge < -0.3 is 4.74 Å². The van der Waals surface area contributed by atoms with Gasteiger partial charge in [0.2, 0.25) is 0 Å². The molecule has 0 aromatic heterocycles. The van der Waals surface area contributed by atoms with Gasteiger partial charge in [-0.2, -0.15) is 74.6 Å². The van der Waals surface area contributed by atoms with Crippen LogP contribution in [0.3, 0.4) is 0 Å². The maximum atomic E-state index is 14.0. The van der Waals surface area contributed by atoms with E-state index in [2.05, 4.69) is 15.9 Å². The van der Waals surface area contributed by atoms with Crippen LogP contribution in [0.1, 0.15) is 30.1 Å². The minimum absolute atomic E-state index is 0.190. The highest BCUT2D eigenvalue weighted by Gasteiger charge is 2.95. The number of ether oxygens (including phenoxy) is 1. The third-order valence-corrected chi connectivity index (χ3v) is 6.60. The highest BCUT2D eigenvalue weighted by Crippen LogP contribution is 2.64. The van der Waals surface area contributed by atoms with Crippen LogP contribution in [0.4, 0.5) is 74.6 Å². The Morgan fingerprint density at radius 3 is 1.60 bits per heavy atom. The maximum Gasteiger partial charge on any atom is 0.460 e. The van der Waals surface area contributed by atoms with Crippen molar-refractivity contribution in [1.29, 1.82) is 0 Å². The number of fused-ring (bicyclic) bond motifs is 1. The van der Waals surface area contributed by atoms with Gasteiger partial charge in [-0.3, -0.25) is 4.79 Å². The first-order chi connectivity index (χ1) is 17.6. The van der Waals surface area contributed by atoms with E-state index in [4.69, 9.17) is 4.74 Å². The van der Waals surface area contributed by atoms with Gasteiger partial charge in [-0.05, 0) is 17.5 Å². The first-order valence-electron chi connectivity index (χ1n) is 10.2. The van der Waals surface area contributed by atoms with Gasteiger partial charge in [0.15, 0.2) is 0 Å². The Morgan fingerprint density at radius 2 is 1.12 bits per heavy atom. The summed E-state index contributed by atoms with van der Waals surface area (Å²) in [5.74, 6) is -58.8. The number of esters is 1. The summed E-state index contributed by atoms with van der Waals surface area (Å²) < 4.78 is 231.